The number of carbonyl (C=O) groups excluding carboxylic acids is 1. The summed E-state index contributed by atoms with van der Waals surface area (Å²) in [7, 11) is 0. The first-order chi connectivity index (χ1) is 16.3. The number of pyridine rings is 1. The normalized spacial score (nSPS) is 18.2. The van der Waals surface area contributed by atoms with Crippen molar-refractivity contribution in [1.82, 2.24) is 19.4 Å². The molecular formula is C26H29ClN4O3. The molecule has 34 heavy (non-hydrogen) atoms. The molecule has 178 valence electrons. The number of H-pyrrole nitrogens is 1. The van der Waals surface area contributed by atoms with Crippen LogP contribution < -0.4 is 11.2 Å². The number of aromatic amines is 1. The lowest BCUT2D eigenvalue weighted by atomic mass is 10.0. The highest BCUT2D eigenvalue weighted by atomic mass is 35.5. The van der Waals surface area contributed by atoms with Crippen molar-refractivity contribution < 1.29 is 4.79 Å². The van der Waals surface area contributed by atoms with E-state index in [-0.39, 0.29) is 29.2 Å². The summed E-state index contributed by atoms with van der Waals surface area (Å²) in [6.45, 7) is 5.05. The molecular weight excluding hydrogens is 452 g/mol. The van der Waals surface area contributed by atoms with Gasteiger partial charge in [0.25, 0.3) is 11.5 Å². The zero-order valence-corrected chi connectivity index (χ0v) is 20.3. The fourth-order valence-electron chi connectivity index (χ4n) is 4.97. The molecule has 1 N–H and O–H groups in total. The van der Waals surface area contributed by atoms with Crippen LogP contribution in [0.1, 0.15) is 67.1 Å². The quantitative estimate of drug-likeness (QED) is 0.574. The van der Waals surface area contributed by atoms with Gasteiger partial charge in [0, 0.05) is 35.8 Å². The van der Waals surface area contributed by atoms with E-state index in [1.807, 2.05) is 43.0 Å². The number of likely N-dealkylation sites (tertiary alicyclic amines) is 1. The Morgan fingerprint density at radius 1 is 1.21 bits per heavy atom. The third-order valence-electron chi connectivity index (χ3n) is 6.79. The summed E-state index contributed by atoms with van der Waals surface area (Å²) in [6.07, 6.45) is 4.45. The van der Waals surface area contributed by atoms with Crippen LogP contribution in [0, 0.1) is 5.92 Å². The Balaban J connectivity index is 1.61. The maximum absolute atomic E-state index is 13.9. The Hall–Kier alpha value is -2.93. The second-order valence-corrected chi connectivity index (χ2v) is 10.3. The number of nitrogens with one attached hydrogen (secondary N) is 1. The van der Waals surface area contributed by atoms with E-state index in [9.17, 15) is 14.4 Å². The van der Waals surface area contributed by atoms with Crippen LogP contribution in [0.3, 0.4) is 0 Å². The number of aromatic nitrogens is 3. The van der Waals surface area contributed by atoms with Crippen molar-refractivity contribution in [3.63, 3.8) is 0 Å². The SMILES string of the molecule is CC(C)Cn1c(=O)[nH]c(=O)c2c(C(=O)N3CCCC3Cc3ccccc3Cl)cc(C3CC3)nc21. The Kier molecular flexibility index (Phi) is 6.06. The van der Waals surface area contributed by atoms with Crippen molar-refractivity contribution in [2.45, 2.75) is 64.5 Å². The molecule has 3 heterocycles. The Bertz CT molecular complexity index is 1370. The zero-order chi connectivity index (χ0) is 24.0. The average molecular weight is 481 g/mol. The number of carbonyl (C=O) groups is 1. The van der Waals surface area contributed by atoms with Crippen molar-refractivity contribution in [2.24, 2.45) is 5.92 Å². The second-order valence-electron chi connectivity index (χ2n) is 9.92. The van der Waals surface area contributed by atoms with Crippen molar-refractivity contribution in [2.75, 3.05) is 6.54 Å². The predicted molar refractivity (Wildman–Crippen MR) is 133 cm³/mol. The lowest BCUT2D eigenvalue weighted by molar-refractivity contribution is 0.0738. The van der Waals surface area contributed by atoms with Crippen LogP contribution in [0.2, 0.25) is 5.02 Å². The maximum atomic E-state index is 13.9. The molecule has 1 saturated heterocycles. The van der Waals surface area contributed by atoms with E-state index in [2.05, 4.69) is 4.98 Å². The van der Waals surface area contributed by atoms with E-state index >= 15 is 0 Å². The number of rotatable bonds is 6. The average Bonchev–Trinajstić information content (AvgIpc) is 3.55. The van der Waals surface area contributed by atoms with Crippen LogP contribution in [0.4, 0.5) is 0 Å². The van der Waals surface area contributed by atoms with Gasteiger partial charge in [-0.15, -0.1) is 0 Å². The van der Waals surface area contributed by atoms with E-state index < -0.39 is 11.2 Å². The van der Waals surface area contributed by atoms with Crippen molar-refractivity contribution in [3.05, 3.63) is 73.0 Å². The van der Waals surface area contributed by atoms with Crippen LogP contribution in [-0.2, 0) is 13.0 Å². The smallest absolute Gasteiger partial charge is 0.330 e. The summed E-state index contributed by atoms with van der Waals surface area (Å²) in [4.78, 5) is 48.6. The van der Waals surface area contributed by atoms with Gasteiger partial charge in [0.2, 0.25) is 0 Å². The van der Waals surface area contributed by atoms with Crippen LogP contribution in [0.15, 0.2) is 39.9 Å². The summed E-state index contributed by atoms with van der Waals surface area (Å²) in [5, 5.41) is 0.902. The third-order valence-corrected chi connectivity index (χ3v) is 7.16. The summed E-state index contributed by atoms with van der Waals surface area (Å²) >= 11 is 6.39. The van der Waals surface area contributed by atoms with E-state index in [4.69, 9.17) is 16.6 Å². The molecule has 2 aromatic heterocycles. The first-order valence-electron chi connectivity index (χ1n) is 12.1. The van der Waals surface area contributed by atoms with Crippen molar-refractivity contribution >= 4 is 28.5 Å². The number of amides is 1. The van der Waals surface area contributed by atoms with E-state index in [1.54, 1.807) is 6.07 Å². The number of halogens is 1. The van der Waals surface area contributed by atoms with Gasteiger partial charge in [0.1, 0.15) is 0 Å². The molecule has 1 amide bonds. The van der Waals surface area contributed by atoms with Gasteiger partial charge in [0.15, 0.2) is 5.65 Å². The largest absolute Gasteiger partial charge is 0.335 e. The number of hydrogen-bond donors (Lipinski definition) is 1. The summed E-state index contributed by atoms with van der Waals surface area (Å²) in [5.74, 6) is 0.273. The van der Waals surface area contributed by atoms with E-state index in [1.165, 1.54) is 4.57 Å². The lowest BCUT2D eigenvalue weighted by Gasteiger charge is -2.26. The number of fused-ring (bicyclic) bond motifs is 1. The molecule has 1 atom stereocenters. The summed E-state index contributed by atoms with van der Waals surface area (Å²) < 4.78 is 1.51. The minimum absolute atomic E-state index is 0.000594. The van der Waals surface area contributed by atoms with Crippen molar-refractivity contribution in [3.8, 4) is 0 Å². The Labute approximate surface area is 202 Å². The van der Waals surface area contributed by atoms with Crippen LogP contribution in [-0.4, -0.2) is 37.9 Å². The van der Waals surface area contributed by atoms with Gasteiger partial charge >= 0.3 is 5.69 Å². The first-order valence-corrected chi connectivity index (χ1v) is 12.4. The number of nitrogens with zero attached hydrogens (tertiary/aromatic N) is 3. The van der Waals surface area contributed by atoms with E-state index in [0.29, 0.717) is 35.7 Å². The first kappa shape index (κ1) is 22.8. The maximum Gasteiger partial charge on any atom is 0.330 e. The topological polar surface area (TPSA) is 88.1 Å². The molecule has 1 aromatic carbocycles. The Morgan fingerprint density at radius 3 is 2.68 bits per heavy atom. The minimum atomic E-state index is -0.556. The van der Waals surface area contributed by atoms with Crippen LogP contribution in [0.5, 0.6) is 0 Å². The number of hydrogen-bond acceptors (Lipinski definition) is 4. The molecule has 3 aromatic rings. The van der Waals surface area contributed by atoms with Gasteiger partial charge in [0.05, 0.1) is 10.9 Å². The fourth-order valence-corrected chi connectivity index (χ4v) is 5.19. The van der Waals surface area contributed by atoms with Crippen LogP contribution in [0.25, 0.3) is 11.0 Å². The molecule has 1 unspecified atom stereocenters. The monoisotopic (exact) mass is 480 g/mol. The molecule has 0 spiro atoms. The second kappa shape index (κ2) is 9.02. The standard InChI is InChI=1S/C26H29ClN4O3/c1-15(2)14-31-23-22(24(32)29-26(31)34)19(13-21(28-23)16-9-10-16)25(33)30-11-5-7-18(30)12-17-6-3-4-8-20(17)27/h3-4,6,8,13,15-16,18H,5,7,9-12,14H2,1-2H3,(H,29,32,34). The molecule has 1 aliphatic heterocycles. The van der Waals surface area contributed by atoms with Crippen molar-refractivity contribution in [1.29, 1.82) is 0 Å². The lowest BCUT2D eigenvalue weighted by Crippen LogP contribution is -2.39. The van der Waals surface area contributed by atoms with Gasteiger partial charge in [-0.2, -0.15) is 0 Å². The van der Waals surface area contributed by atoms with Crippen LogP contribution >= 0.6 is 11.6 Å². The zero-order valence-electron chi connectivity index (χ0n) is 19.5. The highest BCUT2D eigenvalue weighted by Gasteiger charge is 2.34. The molecule has 1 saturated carbocycles. The molecule has 7 nitrogen and oxygen atoms in total. The van der Waals surface area contributed by atoms with Gasteiger partial charge in [-0.05, 0) is 55.7 Å². The molecule has 1 aliphatic carbocycles. The highest BCUT2D eigenvalue weighted by molar-refractivity contribution is 6.31. The van der Waals surface area contributed by atoms with E-state index in [0.717, 1.165) is 36.9 Å². The molecule has 0 radical (unpaired) electrons. The van der Waals surface area contributed by atoms with Gasteiger partial charge in [-0.25, -0.2) is 9.78 Å². The molecule has 5 rings (SSSR count). The third kappa shape index (κ3) is 4.29. The molecule has 0 bridgehead atoms. The predicted octanol–water partition coefficient (Wildman–Crippen LogP) is 4.12. The van der Waals surface area contributed by atoms with Gasteiger partial charge in [-0.3, -0.25) is 19.1 Å². The highest BCUT2D eigenvalue weighted by Crippen LogP contribution is 2.40. The summed E-state index contributed by atoms with van der Waals surface area (Å²) in [6, 6.07) is 9.49. The fraction of sp³-hybridized carbons (Fsp3) is 0.462. The number of benzene rings is 1. The molecule has 2 fully saturated rings. The minimum Gasteiger partial charge on any atom is -0.335 e. The van der Waals surface area contributed by atoms with Gasteiger partial charge in [-0.1, -0.05) is 43.6 Å². The summed E-state index contributed by atoms with van der Waals surface area (Å²) in [5.41, 5.74) is 1.42. The molecule has 8 heteroatoms. The molecule has 2 aliphatic rings. The van der Waals surface area contributed by atoms with Gasteiger partial charge < -0.3 is 4.90 Å². The Morgan fingerprint density at radius 2 is 1.97 bits per heavy atom.